The molecule has 1 atom stereocenters. The summed E-state index contributed by atoms with van der Waals surface area (Å²) in [6, 6.07) is 8.52. The molecule has 3 N–H and O–H groups in total. The van der Waals surface area contributed by atoms with Gasteiger partial charge in [0.25, 0.3) is 0 Å². The fourth-order valence-electron chi connectivity index (χ4n) is 1.29. The van der Waals surface area contributed by atoms with Gasteiger partial charge >= 0.3 is 0 Å². The Balaban J connectivity index is 2.76. The molecule has 1 aromatic rings. The molecule has 15 heavy (non-hydrogen) atoms. The minimum absolute atomic E-state index is 0.295. The number of thiocarbonyl (C=S) groups is 1. The Morgan fingerprint density at radius 1 is 1.33 bits per heavy atom. The second kappa shape index (κ2) is 5.09. The van der Waals surface area contributed by atoms with Crippen LogP contribution in [0.4, 0.5) is 5.69 Å². The molecule has 0 radical (unpaired) electrons. The molecular weight excluding hydrogens is 206 g/mol. The van der Waals surface area contributed by atoms with E-state index in [0.717, 1.165) is 5.69 Å². The highest BCUT2D eigenvalue weighted by molar-refractivity contribution is 7.80. The number of rotatable bonds is 3. The molecule has 0 aliphatic heterocycles. The van der Waals surface area contributed by atoms with Crippen molar-refractivity contribution in [3.05, 3.63) is 29.8 Å². The first kappa shape index (κ1) is 11.9. The van der Waals surface area contributed by atoms with Gasteiger partial charge in [-0.2, -0.15) is 0 Å². The van der Waals surface area contributed by atoms with Gasteiger partial charge in [-0.15, -0.1) is 0 Å². The van der Waals surface area contributed by atoms with Gasteiger partial charge in [0, 0.05) is 11.7 Å². The van der Waals surface area contributed by atoms with Crippen molar-refractivity contribution in [3.63, 3.8) is 0 Å². The van der Waals surface area contributed by atoms with Gasteiger partial charge < -0.3 is 16.0 Å². The molecule has 3 nitrogen and oxygen atoms in total. The molecule has 0 aliphatic carbocycles. The molecule has 4 heteroatoms. The summed E-state index contributed by atoms with van der Waals surface area (Å²) >= 11 is 4.76. The monoisotopic (exact) mass is 223 g/mol. The lowest BCUT2D eigenvalue weighted by Gasteiger charge is -2.20. The topological polar surface area (TPSA) is 41.3 Å². The van der Waals surface area contributed by atoms with Crippen LogP contribution in [0, 0.1) is 0 Å². The molecule has 0 heterocycles. The van der Waals surface area contributed by atoms with Gasteiger partial charge in [0.15, 0.2) is 5.11 Å². The van der Waals surface area contributed by atoms with Crippen molar-refractivity contribution in [2.45, 2.75) is 13.0 Å². The van der Waals surface area contributed by atoms with Crippen LogP contribution in [0.5, 0.6) is 0 Å². The molecule has 0 fully saturated rings. The predicted octanol–water partition coefficient (Wildman–Crippen LogP) is 1.96. The Kier molecular flexibility index (Phi) is 4.05. The number of hydrogen-bond donors (Lipinski definition) is 2. The quantitative estimate of drug-likeness (QED) is 0.769. The third-order valence-corrected chi connectivity index (χ3v) is 2.54. The summed E-state index contributed by atoms with van der Waals surface area (Å²) in [5.41, 5.74) is 7.58. The molecule has 0 aromatic heterocycles. The van der Waals surface area contributed by atoms with Crippen LogP contribution < -0.4 is 11.1 Å². The van der Waals surface area contributed by atoms with Crippen LogP contribution >= 0.6 is 12.2 Å². The zero-order valence-corrected chi connectivity index (χ0v) is 10.1. The summed E-state index contributed by atoms with van der Waals surface area (Å²) in [7, 11) is 4.12. The van der Waals surface area contributed by atoms with Crippen molar-refractivity contribution in [2.75, 3.05) is 19.4 Å². The highest BCUT2D eigenvalue weighted by Crippen LogP contribution is 2.19. The van der Waals surface area contributed by atoms with Crippen LogP contribution in [-0.4, -0.2) is 24.1 Å². The molecule has 0 saturated carbocycles. The van der Waals surface area contributed by atoms with Gasteiger partial charge in [-0.05, 0) is 50.9 Å². The summed E-state index contributed by atoms with van der Waals surface area (Å²) in [6.45, 7) is 2.16. The molecule has 1 aromatic carbocycles. The molecule has 0 amide bonds. The maximum atomic E-state index is 5.38. The Bertz CT molecular complexity index is 332. The van der Waals surface area contributed by atoms with E-state index in [1.807, 2.05) is 12.1 Å². The minimum atomic E-state index is 0.295. The summed E-state index contributed by atoms with van der Waals surface area (Å²) in [4.78, 5) is 2.16. The second-order valence-electron chi connectivity index (χ2n) is 3.75. The lowest BCUT2D eigenvalue weighted by atomic mass is 10.1. The first-order chi connectivity index (χ1) is 7.00. The normalized spacial score (nSPS) is 12.5. The Morgan fingerprint density at radius 3 is 2.27 bits per heavy atom. The summed E-state index contributed by atoms with van der Waals surface area (Å²) in [6.07, 6.45) is 0. The largest absolute Gasteiger partial charge is 0.376 e. The molecular formula is C11H17N3S. The maximum absolute atomic E-state index is 5.38. The van der Waals surface area contributed by atoms with Gasteiger partial charge in [0.1, 0.15) is 0 Å². The SMILES string of the molecule is CC(c1ccc(NC(N)=S)cc1)N(C)C. The van der Waals surface area contributed by atoms with E-state index >= 15 is 0 Å². The van der Waals surface area contributed by atoms with Crippen LogP contribution in [0.25, 0.3) is 0 Å². The first-order valence-electron chi connectivity index (χ1n) is 4.83. The molecule has 0 saturated heterocycles. The summed E-state index contributed by atoms with van der Waals surface area (Å²) in [5.74, 6) is 0. The van der Waals surface area contributed by atoms with E-state index in [4.69, 9.17) is 18.0 Å². The second-order valence-corrected chi connectivity index (χ2v) is 4.19. The van der Waals surface area contributed by atoms with Crippen LogP contribution in [0.1, 0.15) is 18.5 Å². The Labute approximate surface area is 96.3 Å². The van der Waals surface area contributed by atoms with Crippen LogP contribution in [0.2, 0.25) is 0 Å². The van der Waals surface area contributed by atoms with E-state index in [1.54, 1.807) is 0 Å². The van der Waals surface area contributed by atoms with Gasteiger partial charge in [0.2, 0.25) is 0 Å². The standard InChI is InChI=1S/C11H17N3S/c1-8(14(2)3)9-4-6-10(7-5-9)13-11(12)15/h4-8H,1-3H3,(H3,12,13,15). The van der Waals surface area contributed by atoms with E-state index in [-0.39, 0.29) is 0 Å². The summed E-state index contributed by atoms with van der Waals surface area (Å²) < 4.78 is 0. The molecule has 0 aliphatic rings. The van der Waals surface area contributed by atoms with E-state index in [1.165, 1.54) is 5.56 Å². The highest BCUT2D eigenvalue weighted by Gasteiger charge is 2.06. The number of anilines is 1. The molecule has 0 bridgehead atoms. The number of benzene rings is 1. The fourth-order valence-corrected chi connectivity index (χ4v) is 1.40. The number of nitrogens with two attached hydrogens (primary N) is 1. The minimum Gasteiger partial charge on any atom is -0.376 e. The Morgan fingerprint density at radius 2 is 1.87 bits per heavy atom. The lowest BCUT2D eigenvalue weighted by molar-refractivity contribution is 0.321. The zero-order chi connectivity index (χ0) is 11.4. The molecule has 1 unspecified atom stereocenters. The third kappa shape index (κ3) is 3.49. The van der Waals surface area contributed by atoms with E-state index in [9.17, 15) is 0 Å². The van der Waals surface area contributed by atoms with Crippen LogP contribution in [0.3, 0.4) is 0 Å². The molecule has 0 spiro atoms. The average Bonchev–Trinajstić information content (AvgIpc) is 2.17. The smallest absolute Gasteiger partial charge is 0.168 e. The van der Waals surface area contributed by atoms with Crippen molar-refractivity contribution in [3.8, 4) is 0 Å². The Hall–Kier alpha value is -1.13. The van der Waals surface area contributed by atoms with Crippen LogP contribution in [-0.2, 0) is 0 Å². The van der Waals surface area contributed by atoms with Crippen molar-refractivity contribution in [1.29, 1.82) is 0 Å². The van der Waals surface area contributed by atoms with Crippen molar-refractivity contribution < 1.29 is 0 Å². The molecule has 82 valence electrons. The fraction of sp³-hybridized carbons (Fsp3) is 0.364. The maximum Gasteiger partial charge on any atom is 0.168 e. The van der Waals surface area contributed by atoms with E-state index in [2.05, 4.69) is 43.4 Å². The highest BCUT2D eigenvalue weighted by atomic mass is 32.1. The number of nitrogens with zero attached hydrogens (tertiary/aromatic N) is 1. The predicted molar refractivity (Wildman–Crippen MR) is 69.0 cm³/mol. The van der Waals surface area contributed by atoms with Gasteiger partial charge in [0.05, 0.1) is 0 Å². The summed E-state index contributed by atoms with van der Waals surface area (Å²) in [5, 5.41) is 3.19. The number of hydrogen-bond acceptors (Lipinski definition) is 2. The van der Waals surface area contributed by atoms with Gasteiger partial charge in [-0.1, -0.05) is 12.1 Å². The first-order valence-corrected chi connectivity index (χ1v) is 5.24. The van der Waals surface area contributed by atoms with Gasteiger partial charge in [-0.25, -0.2) is 0 Å². The molecule has 1 rings (SSSR count). The van der Waals surface area contributed by atoms with Crippen molar-refractivity contribution >= 4 is 23.0 Å². The zero-order valence-electron chi connectivity index (χ0n) is 9.32. The van der Waals surface area contributed by atoms with Crippen molar-refractivity contribution in [2.24, 2.45) is 5.73 Å². The van der Waals surface area contributed by atoms with E-state index in [0.29, 0.717) is 11.2 Å². The number of nitrogens with one attached hydrogen (secondary N) is 1. The van der Waals surface area contributed by atoms with Gasteiger partial charge in [-0.3, -0.25) is 0 Å². The average molecular weight is 223 g/mol. The third-order valence-electron chi connectivity index (χ3n) is 2.44. The lowest BCUT2D eigenvalue weighted by Crippen LogP contribution is -2.19. The van der Waals surface area contributed by atoms with Crippen LogP contribution in [0.15, 0.2) is 24.3 Å². The van der Waals surface area contributed by atoms with E-state index < -0.39 is 0 Å². The van der Waals surface area contributed by atoms with Crippen molar-refractivity contribution in [1.82, 2.24) is 4.90 Å².